The highest BCUT2D eigenvalue weighted by Crippen LogP contribution is 2.44. The smallest absolute Gasteiger partial charge is 0.223 e. The Bertz CT molecular complexity index is 734. The first-order valence-electron chi connectivity index (χ1n) is 14.1. The number of benzene rings is 1. The summed E-state index contributed by atoms with van der Waals surface area (Å²) in [6.45, 7) is 1.61. The molecule has 35 heavy (non-hydrogen) atoms. The molecule has 1 aromatic rings. The Hall–Kier alpha value is -1.43. The Morgan fingerprint density at radius 2 is 1.83 bits per heavy atom. The third-order valence-corrected chi connectivity index (χ3v) is 8.42. The molecule has 0 bridgehead atoms. The largest absolute Gasteiger partial charge is 0.385 e. The average molecular weight is 487 g/mol. The summed E-state index contributed by atoms with van der Waals surface area (Å²) in [4.78, 5) is 15.7. The lowest BCUT2D eigenvalue weighted by molar-refractivity contribution is -0.129. The quantitative estimate of drug-likeness (QED) is 0.361. The topological polar surface area (TPSA) is 61.8 Å². The van der Waals surface area contributed by atoms with E-state index in [1.165, 1.54) is 32.1 Å². The van der Waals surface area contributed by atoms with Crippen molar-refractivity contribution in [1.29, 1.82) is 0 Å². The van der Waals surface area contributed by atoms with Gasteiger partial charge in [-0.25, -0.2) is 0 Å². The summed E-state index contributed by atoms with van der Waals surface area (Å²) in [5, 5.41) is 15.5. The monoisotopic (exact) mass is 486 g/mol. The number of ether oxygens (including phenoxy) is 1. The number of likely N-dealkylation sites (N-methyl/N-ethyl adjacent to an activating group) is 1. The summed E-state index contributed by atoms with van der Waals surface area (Å²) in [5.74, 6) is 1.03. The van der Waals surface area contributed by atoms with E-state index in [1.54, 1.807) is 7.11 Å². The molecule has 1 aromatic carbocycles. The maximum Gasteiger partial charge on any atom is 0.223 e. The van der Waals surface area contributed by atoms with Crippen molar-refractivity contribution in [2.24, 2.45) is 17.8 Å². The number of hydrogen-bond donors (Lipinski definition) is 2. The van der Waals surface area contributed by atoms with Crippen LogP contribution in [0.4, 0.5) is 0 Å². The van der Waals surface area contributed by atoms with Gasteiger partial charge in [-0.3, -0.25) is 4.79 Å². The molecule has 2 N–H and O–H groups in total. The lowest BCUT2D eigenvalue weighted by Crippen LogP contribution is -2.47. The first-order valence-corrected chi connectivity index (χ1v) is 14.1. The van der Waals surface area contributed by atoms with E-state index in [9.17, 15) is 9.90 Å². The highest BCUT2D eigenvalue weighted by Gasteiger charge is 2.42. The molecule has 0 saturated heterocycles. The van der Waals surface area contributed by atoms with Crippen molar-refractivity contribution in [1.82, 2.24) is 10.2 Å². The van der Waals surface area contributed by atoms with Crippen LogP contribution in [0.5, 0.6) is 0 Å². The number of amides is 1. The molecule has 0 aromatic heterocycles. The number of methoxy groups -OCH3 is 1. The van der Waals surface area contributed by atoms with Gasteiger partial charge in [-0.05, 0) is 76.4 Å². The van der Waals surface area contributed by atoms with Gasteiger partial charge < -0.3 is 20.1 Å². The summed E-state index contributed by atoms with van der Waals surface area (Å²) in [5.41, 5.74) is 0.102. The molecule has 2 aliphatic rings. The van der Waals surface area contributed by atoms with Gasteiger partial charge >= 0.3 is 0 Å². The predicted molar refractivity (Wildman–Crippen MR) is 143 cm³/mol. The van der Waals surface area contributed by atoms with E-state index in [0.717, 1.165) is 69.6 Å². The number of hydrogen-bond acceptors (Lipinski definition) is 4. The van der Waals surface area contributed by atoms with E-state index in [1.807, 2.05) is 18.2 Å². The van der Waals surface area contributed by atoms with E-state index in [-0.39, 0.29) is 23.8 Å². The molecule has 2 fully saturated rings. The van der Waals surface area contributed by atoms with Gasteiger partial charge in [-0.15, -0.1) is 0 Å². The number of nitrogens with one attached hydrogen (secondary N) is 1. The SMILES string of the molecule is COCCCCC(O)(c1ccccc1)C1CCCC(C(=O)N[C@@H](CC2CCCCC2)CN(C)C)C1. The van der Waals surface area contributed by atoms with Crippen molar-refractivity contribution >= 4 is 5.91 Å². The van der Waals surface area contributed by atoms with Gasteiger partial charge in [0.15, 0.2) is 0 Å². The minimum Gasteiger partial charge on any atom is -0.385 e. The summed E-state index contributed by atoms with van der Waals surface area (Å²) >= 11 is 0. The first-order chi connectivity index (χ1) is 16.9. The molecule has 198 valence electrons. The molecule has 2 saturated carbocycles. The van der Waals surface area contributed by atoms with Crippen LogP contribution in [0.2, 0.25) is 0 Å². The van der Waals surface area contributed by atoms with Crippen molar-refractivity contribution in [2.45, 2.75) is 95.1 Å². The number of aliphatic hydroxyl groups is 1. The fraction of sp³-hybridized carbons (Fsp3) is 0.767. The van der Waals surface area contributed by atoms with Crippen molar-refractivity contribution in [3.05, 3.63) is 35.9 Å². The van der Waals surface area contributed by atoms with E-state index >= 15 is 0 Å². The van der Waals surface area contributed by atoms with Gasteiger partial charge in [0.05, 0.1) is 5.60 Å². The van der Waals surface area contributed by atoms with Crippen molar-refractivity contribution < 1.29 is 14.6 Å². The number of unbranched alkanes of at least 4 members (excludes halogenated alkanes) is 1. The van der Waals surface area contributed by atoms with Crippen molar-refractivity contribution in [3.8, 4) is 0 Å². The second kappa shape index (κ2) is 14.3. The molecule has 5 heteroatoms. The molecule has 5 nitrogen and oxygen atoms in total. The maximum atomic E-state index is 13.5. The molecule has 0 aliphatic heterocycles. The third kappa shape index (κ3) is 8.58. The minimum atomic E-state index is -0.890. The molecular formula is C30H50N2O3. The van der Waals surface area contributed by atoms with Crippen LogP contribution in [0, 0.1) is 17.8 Å². The Balaban J connectivity index is 1.66. The van der Waals surface area contributed by atoms with Crippen LogP contribution in [0.25, 0.3) is 0 Å². The number of carbonyl (C=O) groups excluding carboxylic acids is 1. The van der Waals surface area contributed by atoms with Crippen LogP contribution >= 0.6 is 0 Å². The number of rotatable bonds is 13. The number of carbonyl (C=O) groups is 1. The molecule has 0 spiro atoms. The molecular weight excluding hydrogens is 436 g/mol. The van der Waals surface area contributed by atoms with Crippen LogP contribution in [0.3, 0.4) is 0 Å². The molecule has 3 unspecified atom stereocenters. The second-order valence-corrected chi connectivity index (χ2v) is 11.5. The first kappa shape index (κ1) is 28.1. The minimum absolute atomic E-state index is 0.0148. The predicted octanol–water partition coefficient (Wildman–Crippen LogP) is 5.51. The Morgan fingerprint density at radius 3 is 2.51 bits per heavy atom. The molecule has 1 amide bonds. The van der Waals surface area contributed by atoms with Gasteiger partial charge in [0, 0.05) is 32.2 Å². The Labute approximate surface area is 214 Å². The summed E-state index contributed by atoms with van der Waals surface area (Å²) < 4.78 is 5.24. The van der Waals surface area contributed by atoms with Crippen LogP contribution in [-0.4, -0.2) is 56.3 Å². The fourth-order valence-electron chi connectivity index (χ4n) is 6.58. The van der Waals surface area contributed by atoms with E-state index < -0.39 is 5.60 Å². The van der Waals surface area contributed by atoms with Gasteiger partial charge in [-0.1, -0.05) is 68.9 Å². The van der Waals surface area contributed by atoms with Crippen LogP contribution < -0.4 is 5.32 Å². The molecule has 4 atom stereocenters. The van der Waals surface area contributed by atoms with Crippen LogP contribution in [0.1, 0.15) is 89.0 Å². The number of nitrogens with zero attached hydrogens (tertiary/aromatic N) is 1. The average Bonchev–Trinajstić information content (AvgIpc) is 2.87. The zero-order valence-electron chi connectivity index (χ0n) is 22.5. The lowest BCUT2D eigenvalue weighted by atomic mass is 9.68. The molecule has 3 rings (SSSR count). The maximum absolute atomic E-state index is 13.5. The zero-order valence-corrected chi connectivity index (χ0v) is 22.5. The Kier molecular flexibility index (Phi) is 11.5. The van der Waals surface area contributed by atoms with Gasteiger partial charge in [-0.2, -0.15) is 0 Å². The van der Waals surface area contributed by atoms with E-state index in [0.29, 0.717) is 6.42 Å². The molecule has 2 aliphatic carbocycles. The highest BCUT2D eigenvalue weighted by atomic mass is 16.5. The molecule has 0 heterocycles. The summed E-state index contributed by atoms with van der Waals surface area (Å²) in [6, 6.07) is 10.3. The zero-order chi connectivity index (χ0) is 25.1. The van der Waals surface area contributed by atoms with E-state index in [2.05, 4.69) is 36.4 Å². The Morgan fingerprint density at radius 1 is 1.09 bits per heavy atom. The summed E-state index contributed by atoms with van der Waals surface area (Å²) in [6.07, 6.45) is 14.0. The van der Waals surface area contributed by atoms with Crippen LogP contribution in [0.15, 0.2) is 30.3 Å². The highest BCUT2D eigenvalue weighted by molar-refractivity contribution is 5.79. The molecule has 0 radical (unpaired) electrons. The van der Waals surface area contributed by atoms with Gasteiger partial charge in [0.25, 0.3) is 0 Å². The summed E-state index contributed by atoms with van der Waals surface area (Å²) in [7, 11) is 5.92. The lowest BCUT2D eigenvalue weighted by Gasteiger charge is -2.41. The normalized spacial score (nSPS) is 24.1. The van der Waals surface area contributed by atoms with E-state index in [4.69, 9.17) is 4.74 Å². The van der Waals surface area contributed by atoms with Gasteiger partial charge in [0.1, 0.15) is 0 Å². The standard InChI is InChI=1S/C30H50N2O3/c1-32(2)23-28(21-24-13-6-4-7-14-24)31-29(33)25-15-12-18-27(22-25)30(34,19-10-11-20-35-3)26-16-8-5-9-17-26/h5,8-9,16-17,24-25,27-28,34H,4,6-7,10-15,18-23H2,1-3H3,(H,31,33)/t25?,27?,28-,30?/m0/s1. The van der Waals surface area contributed by atoms with Crippen LogP contribution in [-0.2, 0) is 15.1 Å². The van der Waals surface area contributed by atoms with Crippen molar-refractivity contribution in [3.63, 3.8) is 0 Å². The second-order valence-electron chi connectivity index (χ2n) is 11.5. The van der Waals surface area contributed by atoms with Gasteiger partial charge in [0.2, 0.25) is 5.91 Å². The van der Waals surface area contributed by atoms with Crippen molar-refractivity contribution in [2.75, 3.05) is 34.4 Å². The third-order valence-electron chi connectivity index (χ3n) is 8.42. The fourth-order valence-corrected chi connectivity index (χ4v) is 6.58.